The van der Waals surface area contributed by atoms with Gasteiger partial charge < -0.3 is 0 Å². The number of allylic oxidation sites excluding steroid dienone is 1. The molecule has 1 aromatic heterocycles. The van der Waals surface area contributed by atoms with Crippen molar-refractivity contribution in [3.63, 3.8) is 0 Å². The highest BCUT2D eigenvalue weighted by atomic mass is 15.3. The lowest BCUT2D eigenvalue weighted by atomic mass is 10.4. The summed E-state index contributed by atoms with van der Waals surface area (Å²) in [7, 11) is 1.86. The summed E-state index contributed by atoms with van der Waals surface area (Å²) in [6.45, 7) is 5.51. The van der Waals surface area contributed by atoms with Crippen LogP contribution in [-0.4, -0.2) is 15.5 Å². The molecule has 0 radical (unpaired) electrons. The highest BCUT2D eigenvalue weighted by Crippen LogP contribution is 2.08. The highest BCUT2D eigenvalue weighted by molar-refractivity contribution is 5.93. The van der Waals surface area contributed by atoms with Crippen LogP contribution in [0.4, 0.5) is 5.82 Å². The van der Waals surface area contributed by atoms with Crippen molar-refractivity contribution in [3.05, 3.63) is 24.9 Å². The molecule has 0 aliphatic rings. The van der Waals surface area contributed by atoms with Gasteiger partial charge in [-0.25, -0.2) is 4.99 Å². The Kier molecular flexibility index (Phi) is 2.21. The van der Waals surface area contributed by atoms with E-state index < -0.39 is 0 Å². The Hall–Kier alpha value is -1.38. The maximum atomic E-state index is 4.24. The van der Waals surface area contributed by atoms with Gasteiger partial charge in [-0.15, -0.1) is 0 Å². The van der Waals surface area contributed by atoms with E-state index in [0.29, 0.717) is 0 Å². The Bertz CT molecular complexity index is 283. The molecule has 3 heteroatoms. The monoisotopic (exact) mass is 149 g/mol. The molecule has 0 saturated heterocycles. The molecule has 0 aliphatic heterocycles. The molecule has 0 amide bonds. The maximum absolute atomic E-state index is 4.24. The molecule has 0 aromatic carbocycles. The van der Waals surface area contributed by atoms with Crippen LogP contribution in [0.1, 0.15) is 6.92 Å². The lowest BCUT2D eigenvalue weighted by Gasteiger charge is -1.94. The van der Waals surface area contributed by atoms with Gasteiger partial charge in [-0.05, 0) is 13.0 Å². The van der Waals surface area contributed by atoms with Crippen molar-refractivity contribution in [3.8, 4) is 0 Å². The minimum absolute atomic E-state index is 0.849. The minimum atomic E-state index is 0.849. The van der Waals surface area contributed by atoms with Crippen molar-refractivity contribution >= 4 is 11.5 Å². The summed E-state index contributed by atoms with van der Waals surface area (Å²) >= 11 is 0. The molecular weight excluding hydrogens is 138 g/mol. The molecule has 0 fully saturated rings. The van der Waals surface area contributed by atoms with Gasteiger partial charge in [0.2, 0.25) is 0 Å². The number of aromatic nitrogens is 2. The van der Waals surface area contributed by atoms with E-state index in [4.69, 9.17) is 0 Å². The molecule has 0 N–H and O–H groups in total. The molecule has 11 heavy (non-hydrogen) atoms. The largest absolute Gasteiger partial charge is 0.251 e. The van der Waals surface area contributed by atoms with Gasteiger partial charge in [-0.1, -0.05) is 6.58 Å². The quantitative estimate of drug-likeness (QED) is 0.588. The van der Waals surface area contributed by atoms with Crippen LogP contribution in [0.5, 0.6) is 0 Å². The zero-order chi connectivity index (χ0) is 8.27. The molecule has 0 saturated carbocycles. The van der Waals surface area contributed by atoms with Gasteiger partial charge in [-0.2, -0.15) is 5.10 Å². The molecule has 0 bridgehead atoms. The Balaban J connectivity index is 2.94. The first-order valence-corrected chi connectivity index (χ1v) is 3.40. The molecule has 0 atom stereocenters. The van der Waals surface area contributed by atoms with E-state index in [2.05, 4.69) is 16.7 Å². The summed E-state index contributed by atoms with van der Waals surface area (Å²) in [5.41, 5.74) is 0.897. The number of hydrogen-bond acceptors (Lipinski definition) is 2. The van der Waals surface area contributed by atoms with Crippen LogP contribution < -0.4 is 0 Å². The van der Waals surface area contributed by atoms with E-state index in [1.807, 2.05) is 20.0 Å². The first-order valence-electron chi connectivity index (χ1n) is 3.40. The first-order chi connectivity index (χ1) is 5.24. The van der Waals surface area contributed by atoms with Gasteiger partial charge in [0.15, 0.2) is 0 Å². The predicted octanol–water partition coefficient (Wildman–Crippen LogP) is 1.70. The second kappa shape index (κ2) is 3.14. The van der Waals surface area contributed by atoms with E-state index in [1.165, 1.54) is 0 Å². The lowest BCUT2D eigenvalue weighted by molar-refractivity contribution is 0.770. The van der Waals surface area contributed by atoms with Crippen molar-refractivity contribution in [1.29, 1.82) is 0 Å². The van der Waals surface area contributed by atoms with Gasteiger partial charge in [0, 0.05) is 18.8 Å². The van der Waals surface area contributed by atoms with Crippen LogP contribution in [0.3, 0.4) is 0 Å². The average molecular weight is 149 g/mol. The fraction of sp³-hybridized carbons (Fsp3) is 0.250. The van der Waals surface area contributed by atoms with Crippen molar-refractivity contribution in [2.75, 3.05) is 0 Å². The normalized spacial score (nSPS) is 11.6. The zero-order valence-corrected chi connectivity index (χ0v) is 6.78. The zero-order valence-electron chi connectivity index (χ0n) is 6.78. The molecule has 0 unspecified atom stereocenters. The molecule has 58 valence electrons. The van der Waals surface area contributed by atoms with Crippen LogP contribution in [0.25, 0.3) is 0 Å². The van der Waals surface area contributed by atoms with Gasteiger partial charge in [0.25, 0.3) is 0 Å². The van der Waals surface area contributed by atoms with E-state index >= 15 is 0 Å². The van der Waals surface area contributed by atoms with Crippen LogP contribution in [0.2, 0.25) is 0 Å². The fourth-order valence-corrected chi connectivity index (χ4v) is 0.703. The Labute approximate surface area is 66.1 Å². The molecular formula is C8H11N3. The Morgan fingerprint density at radius 2 is 2.55 bits per heavy atom. The van der Waals surface area contributed by atoms with Crippen molar-refractivity contribution in [1.82, 2.24) is 9.78 Å². The molecule has 1 rings (SSSR count). The second-order valence-corrected chi connectivity index (χ2v) is 2.27. The SMILES string of the molecule is C=C/C(C)=N\c1ccnn1C. The summed E-state index contributed by atoms with van der Waals surface area (Å²) < 4.78 is 1.72. The lowest BCUT2D eigenvalue weighted by Crippen LogP contribution is -1.90. The molecule has 0 spiro atoms. The number of nitrogens with zero attached hydrogens (tertiary/aromatic N) is 3. The Morgan fingerprint density at radius 1 is 1.82 bits per heavy atom. The van der Waals surface area contributed by atoms with Crippen molar-refractivity contribution in [2.45, 2.75) is 6.92 Å². The van der Waals surface area contributed by atoms with Crippen molar-refractivity contribution in [2.24, 2.45) is 12.0 Å². The van der Waals surface area contributed by atoms with E-state index in [9.17, 15) is 0 Å². The smallest absolute Gasteiger partial charge is 0.150 e. The molecule has 0 aliphatic carbocycles. The summed E-state index contributed by atoms with van der Waals surface area (Å²) in [6, 6.07) is 1.85. The highest BCUT2D eigenvalue weighted by Gasteiger charge is 1.93. The Morgan fingerprint density at radius 3 is 3.00 bits per heavy atom. The van der Waals surface area contributed by atoms with Crippen molar-refractivity contribution < 1.29 is 0 Å². The van der Waals surface area contributed by atoms with Crippen LogP contribution in [0, 0.1) is 0 Å². The second-order valence-electron chi connectivity index (χ2n) is 2.27. The standard InChI is InChI=1S/C8H11N3/c1-4-7(2)10-8-5-6-9-11(8)3/h4-6H,1H2,2-3H3/b10-7-. The third-order valence-electron chi connectivity index (χ3n) is 1.38. The third kappa shape index (κ3) is 1.77. The summed E-state index contributed by atoms with van der Waals surface area (Å²) in [6.07, 6.45) is 3.43. The molecule has 1 heterocycles. The number of hydrogen-bond donors (Lipinski definition) is 0. The summed E-state index contributed by atoms with van der Waals surface area (Å²) in [5.74, 6) is 0.849. The van der Waals surface area contributed by atoms with Gasteiger partial charge >= 0.3 is 0 Å². The minimum Gasteiger partial charge on any atom is -0.251 e. The third-order valence-corrected chi connectivity index (χ3v) is 1.38. The summed E-state index contributed by atoms with van der Waals surface area (Å²) in [4.78, 5) is 4.24. The van der Waals surface area contributed by atoms with Crippen LogP contribution in [0.15, 0.2) is 29.9 Å². The van der Waals surface area contributed by atoms with E-state index in [0.717, 1.165) is 11.5 Å². The van der Waals surface area contributed by atoms with Crippen LogP contribution >= 0.6 is 0 Å². The van der Waals surface area contributed by atoms with E-state index in [1.54, 1.807) is 17.0 Å². The fourth-order valence-electron chi connectivity index (χ4n) is 0.703. The molecule has 3 nitrogen and oxygen atoms in total. The maximum Gasteiger partial charge on any atom is 0.150 e. The van der Waals surface area contributed by atoms with Gasteiger partial charge in [0.1, 0.15) is 5.82 Å². The summed E-state index contributed by atoms with van der Waals surface area (Å²) in [5, 5.41) is 3.98. The number of aryl methyl sites for hydroxylation is 1. The first kappa shape index (κ1) is 7.72. The average Bonchev–Trinajstić information content (AvgIpc) is 2.37. The van der Waals surface area contributed by atoms with Gasteiger partial charge in [0.05, 0.1) is 6.20 Å². The number of rotatable bonds is 2. The van der Waals surface area contributed by atoms with E-state index in [-0.39, 0.29) is 0 Å². The topological polar surface area (TPSA) is 30.2 Å². The predicted molar refractivity (Wildman–Crippen MR) is 46.2 cm³/mol. The van der Waals surface area contributed by atoms with Crippen LogP contribution in [-0.2, 0) is 7.05 Å². The number of aliphatic imine (C=N–C) groups is 1. The van der Waals surface area contributed by atoms with Gasteiger partial charge in [-0.3, -0.25) is 4.68 Å². The molecule has 1 aromatic rings.